The fourth-order valence-corrected chi connectivity index (χ4v) is 5.79. The van der Waals surface area contributed by atoms with Crippen LogP contribution in [0.3, 0.4) is 0 Å². The molecule has 2 amide bonds. The number of hydrogen-bond donors (Lipinski definition) is 3. The predicted molar refractivity (Wildman–Crippen MR) is 158 cm³/mol. The Bertz CT molecular complexity index is 1780. The largest absolute Gasteiger partial charge is 0.480 e. The molecule has 214 valence electrons. The lowest BCUT2D eigenvalue weighted by Crippen LogP contribution is -2.25. The SMILES string of the molecule is Cc1ccoc1C(=O)Nc1cccc(C#Cc2cncc(C(=O)N=[S@](=O)(CCCNCC(=O)O)c3ccccc3)c2)c1. The lowest BCUT2D eigenvalue weighted by molar-refractivity contribution is -0.135. The smallest absolute Gasteiger partial charge is 0.317 e. The first kappa shape index (κ1) is 29.9. The number of nitrogens with zero attached hydrogens (tertiary/aromatic N) is 2. The molecule has 0 fully saturated rings. The number of amides is 2. The number of rotatable bonds is 10. The first-order chi connectivity index (χ1) is 20.2. The number of aromatic nitrogens is 1. The maximum absolute atomic E-state index is 13.8. The van der Waals surface area contributed by atoms with Crippen LogP contribution in [0.2, 0.25) is 0 Å². The molecular formula is C31H28N4O6S. The summed E-state index contributed by atoms with van der Waals surface area (Å²) in [5, 5.41) is 14.3. The summed E-state index contributed by atoms with van der Waals surface area (Å²) in [7, 11) is -3.13. The molecule has 2 aromatic heterocycles. The number of pyridine rings is 1. The standard InChI is InChI=1S/C31H28N4O6S/c1-22-13-15-41-29(22)31(39)34-26-8-5-7-23(18-26)11-12-24-17-25(20-33-19-24)30(38)35-42(40,27-9-3-2-4-10-27)16-6-14-32-21-28(36)37/h2-5,7-10,13,15,17-20,32H,6,14,16,21H2,1H3,(H,34,39)(H,36,37)/t42-/m0/s1. The van der Waals surface area contributed by atoms with Crippen LogP contribution < -0.4 is 10.6 Å². The summed E-state index contributed by atoms with van der Waals surface area (Å²) in [5.74, 6) is 4.19. The Labute approximate surface area is 243 Å². The van der Waals surface area contributed by atoms with Gasteiger partial charge in [-0.05, 0) is 62.4 Å². The molecule has 42 heavy (non-hydrogen) atoms. The molecule has 3 N–H and O–H groups in total. The number of aryl methyl sites for hydroxylation is 1. The first-order valence-corrected chi connectivity index (χ1v) is 14.6. The quantitative estimate of drug-likeness (QED) is 0.184. The van der Waals surface area contributed by atoms with Crippen molar-refractivity contribution in [2.45, 2.75) is 18.2 Å². The van der Waals surface area contributed by atoms with E-state index in [1.54, 1.807) is 67.6 Å². The fourth-order valence-electron chi connectivity index (χ4n) is 3.86. The van der Waals surface area contributed by atoms with Crippen molar-refractivity contribution in [1.82, 2.24) is 10.3 Å². The third-order valence-electron chi connectivity index (χ3n) is 5.92. The van der Waals surface area contributed by atoms with Crippen LogP contribution in [0.1, 0.15) is 44.0 Å². The number of anilines is 1. The third-order valence-corrected chi connectivity index (χ3v) is 8.23. The molecule has 0 spiro atoms. The molecule has 0 unspecified atom stereocenters. The van der Waals surface area contributed by atoms with Crippen LogP contribution in [0.25, 0.3) is 0 Å². The number of carboxylic acids is 1. The third kappa shape index (κ3) is 8.23. The molecule has 4 aromatic rings. The van der Waals surface area contributed by atoms with Crippen LogP contribution in [-0.2, 0) is 14.5 Å². The number of furan rings is 1. The van der Waals surface area contributed by atoms with Crippen molar-refractivity contribution in [2.24, 2.45) is 4.36 Å². The molecular weight excluding hydrogens is 556 g/mol. The maximum atomic E-state index is 13.8. The number of benzene rings is 2. The van der Waals surface area contributed by atoms with Crippen molar-refractivity contribution in [3.8, 4) is 11.8 Å². The van der Waals surface area contributed by atoms with Crippen molar-refractivity contribution in [3.63, 3.8) is 0 Å². The van der Waals surface area contributed by atoms with Gasteiger partial charge in [0.05, 0.1) is 28.1 Å². The average Bonchev–Trinajstić information content (AvgIpc) is 3.42. The van der Waals surface area contributed by atoms with Gasteiger partial charge in [-0.2, -0.15) is 4.36 Å². The fraction of sp³-hybridized carbons (Fsp3) is 0.161. The predicted octanol–water partition coefficient (Wildman–Crippen LogP) is 4.37. The van der Waals surface area contributed by atoms with E-state index in [2.05, 4.69) is 31.8 Å². The van der Waals surface area contributed by atoms with E-state index >= 15 is 0 Å². The van der Waals surface area contributed by atoms with Crippen LogP contribution in [-0.4, -0.2) is 50.9 Å². The summed E-state index contributed by atoms with van der Waals surface area (Å²) in [5.41, 5.74) is 2.46. The van der Waals surface area contributed by atoms with Gasteiger partial charge < -0.3 is 20.2 Å². The Morgan fingerprint density at radius 3 is 2.52 bits per heavy atom. The number of hydrogen-bond acceptors (Lipinski definition) is 7. The maximum Gasteiger partial charge on any atom is 0.317 e. The van der Waals surface area contributed by atoms with Crippen molar-refractivity contribution in [2.75, 3.05) is 24.2 Å². The monoisotopic (exact) mass is 584 g/mol. The highest BCUT2D eigenvalue weighted by atomic mass is 32.2. The topological polar surface area (TPSA) is 151 Å². The van der Waals surface area contributed by atoms with Crippen LogP contribution in [0, 0.1) is 18.8 Å². The van der Waals surface area contributed by atoms with Gasteiger partial charge in [-0.15, -0.1) is 0 Å². The second-order valence-electron chi connectivity index (χ2n) is 9.16. The average molecular weight is 585 g/mol. The Morgan fingerprint density at radius 1 is 1.00 bits per heavy atom. The van der Waals surface area contributed by atoms with Gasteiger partial charge in [0.15, 0.2) is 5.76 Å². The van der Waals surface area contributed by atoms with E-state index in [0.717, 1.165) is 5.56 Å². The van der Waals surface area contributed by atoms with Gasteiger partial charge >= 0.3 is 5.97 Å². The van der Waals surface area contributed by atoms with E-state index < -0.39 is 21.6 Å². The van der Waals surface area contributed by atoms with E-state index in [9.17, 15) is 18.6 Å². The minimum Gasteiger partial charge on any atom is -0.480 e. The van der Waals surface area contributed by atoms with Gasteiger partial charge in [0, 0.05) is 45.4 Å². The van der Waals surface area contributed by atoms with Gasteiger partial charge in [-0.25, -0.2) is 4.21 Å². The van der Waals surface area contributed by atoms with Crippen LogP contribution in [0.4, 0.5) is 5.69 Å². The molecule has 0 aliphatic heterocycles. The number of nitrogens with one attached hydrogen (secondary N) is 2. The lowest BCUT2D eigenvalue weighted by atomic mass is 10.1. The summed E-state index contributed by atoms with van der Waals surface area (Å²) < 4.78 is 23.2. The molecule has 0 aliphatic carbocycles. The van der Waals surface area contributed by atoms with Gasteiger partial charge in [0.1, 0.15) is 0 Å². The number of carbonyl (C=O) groups excluding carboxylic acids is 2. The van der Waals surface area contributed by atoms with Gasteiger partial charge in [0.25, 0.3) is 11.8 Å². The number of aliphatic carboxylic acids is 1. The van der Waals surface area contributed by atoms with Crippen molar-refractivity contribution >= 4 is 33.2 Å². The molecule has 2 aromatic carbocycles. The van der Waals surface area contributed by atoms with E-state index in [1.165, 1.54) is 24.7 Å². The van der Waals surface area contributed by atoms with Crippen molar-refractivity contribution < 1.29 is 28.1 Å². The normalized spacial score (nSPS) is 11.9. The molecule has 0 saturated heterocycles. The van der Waals surface area contributed by atoms with Gasteiger partial charge in [0.2, 0.25) is 0 Å². The summed E-state index contributed by atoms with van der Waals surface area (Å²) in [6.45, 7) is 1.87. The second kappa shape index (κ2) is 14.0. The zero-order valence-corrected chi connectivity index (χ0v) is 23.5. The van der Waals surface area contributed by atoms with E-state index in [-0.39, 0.29) is 29.5 Å². The van der Waals surface area contributed by atoms with Crippen LogP contribution in [0.5, 0.6) is 0 Å². The summed E-state index contributed by atoms with van der Waals surface area (Å²) >= 11 is 0. The Balaban J connectivity index is 1.51. The Morgan fingerprint density at radius 2 is 1.79 bits per heavy atom. The van der Waals surface area contributed by atoms with Crippen molar-refractivity contribution in [1.29, 1.82) is 0 Å². The summed E-state index contributed by atoms with van der Waals surface area (Å²) in [6, 6.07) is 18.7. The first-order valence-electron chi connectivity index (χ1n) is 12.9. The Kier molecular flexibility index (Phi) is 9.99. The van der Waals surface area contributed by atoms with Crippen molar-refractivity contribution in [3.05, 3.63) is 113 Å². The summed E-state index contributed by atoms with van der Waals surface area (Å²) in [6.07, 6.45) is 4.64. The minimum absolute atomic E-state index is 0.0642. The molecule has 10 nitrogen and oxygen atoms in total. The van der Waals surface area contributed by atoms with Crippen LogP contribution >= 0.6 is 0 Å². The molecule has 11 heteroatoms. The van der Waals surface area contributed by atoms with E-state index in [1.807, 2.05) is 0 Å². The highest BCUT2D eigenvalue weighted by Gasteiger charge is 2.17. The summed E-state index contributed by atoms with van der Waals surface area (Å²) in [4.78, 5) is 40.8. The molecule has 0 bridgehead atoms. The zero-order chi connectivity index (χ0) is 30.0. The molecule has 2 heterocycles. The minimum atomic E-state index is -3.13. The Hall–Kier alpha value is -5.05. The number of carbonyl (C=O) groups is 3. The molecule has 1 atom stereocenters. The van der Waals surface area contributed by atoms with Crippen LogP contribution in [0.15, 0.2) is 99.1 Å². The molecule has 0 aliphatic rings. The van der Waals surface area contributed by atoms with Gasteiger partial charge in [-0.1, -0.05) is 36.1 Å². The molecule has 0 radical (unpaired) electrons. The van der Waals surface area contributed by atoms with E-state index in [4.69, 9.17) is 9.52 Å². The lowest BCUT2D eigenvalue weighted by Gasteiger charge is -2.10. The van der Waals surface area contributed by atoms with Gasteiger partial charge in [-0.3, -0.25) is 19.4 Å². The zero-order valence-electron chi connectivity index (χ0n) is 22.7. The highest BCUT2D eigenvalue weighted by Crippen LogP contribution is 2.18. The number of carboxylic acid groups (broad SMARTS) is 1. The van der Waals surface area contributed by atoms with E-state index in [0.29, 0.717) is 34.7 Å². The molecule has 4 rings (SSSR count). The second-order valence-corrected chi connectivity index (χ2v) is 11.5. The highest BCUT2D eigenvalue weighted by molar-refractivity contribution is 7.94. The molecule has 0 saturated carbocycles.